The van der Waals surface area contributed by atoms with Crippen molar-refractivity contribution < 1.29 is 16.8 Å². The van der Waals surface area contributed by atoms with E-state index in [1.54, 1.807) is 6.92 Å². The molecule has 1 heterocycles. The van der Waals surface area contributed by atoms with Crippen LogP contribution in [-0.2, 0) is 19.1 Å². The van der Waals surface area contributed by atoms with E-state index < -0.39 is 19.1 Å². The van der Waals surface area contributed by atoms with Crippen LogP contribution in [0.15, 0.2) is 40.4 Å². The molecule has 0 unspecified atom stereocenters. The fourth-order valence-electron chi connectivity index (χ4n) is 1.49. The van der Waals surface area contributed by atoms with Gasteiger partial charge in [-0.2, -0.15) is 13.5 Å². The fraction of sp³-hybridized carbons (Fsp3) is 0.100. The number of nitrogens with zero attached hydrogens (tertiary/aromatic N) is 1. The molecule has 108 valence electrons. The SMILES string of the molecule is Cc1cc(S(=O)(=O)Cl)ccc1NS(=O)(=O)c1ccn[nH]1. The Morgan fingerprint density at radius 1 is 1.20 bits per heavy atom. The van der Waals surface area contributed by atoms with E-state index in [1.807, 2.05) is 0 Å². The maximum Gasteiger partial charge on any atom is 0.278 e. The van der Waals surface area contributed by atoms with Crippen LogP contribution >= 0.6 is 10.7 Å². The molecule has 0 radical (unpaired) electrons. The van der Waals surface area contributed by atoms with Crippen LogP contribution in [-0.4, -0.2) is 27.0 Å². The minimum absolute atomic E-state index is 0.0917. The van der Waals surface area contributed by atoms with Gasteiger partial charge in [0.25, 0.3) is 19.1 Å². The van der Waals surface area contributed by atoms with Crippen molar-refractivity contribution >= 4 is 35.4 Å². The zero-order chi connectivity index (χ0) is 15.0. The van der Waals surface area contributed by atoms with Crippen LogP contribution in [0.1, 0.15) is 5.56 Å². The molecule has 0 saturated carbocycles. The number of benzene rings is 1. The third-order valence-corrected chi connectivity index (χ3v) is 5.14. The number of nitrogens with one attached hydrogen (secondary N) is 2. The van der Waals surface area contributed by atoms with Gasteiger partial charge >= 0.3 is 0 Å². The van der Waals surface area contributed by atoms with Gasteiger partial charge in [0.05, 0.1) is 16.8 Å². The third kappa shape index (κ3) is 3.11. The molecule has 0 aliphatic heterocycles. The number of aromatic amines is 1. The number of anilines is 1. The summed E-state index contributed by atoms with van der Waals surface area (Å²) in [5.41, 5.74) is 0.679. The molecule has 1 aromatic heterocycles. The average Bonchev–Trinajstić information content (AvgIpc) is 2.84. The fourth-order valence-corrected chi connectivity index (χ4v) is 3.37. The molecule has 0 amide bonds. The van der Waals surface area contributed by atoms with Crippen LogP contribution in [0.2, 0.25) is 0 Å². The summed E-state index contributed by atoms with van der Waals surface area (Å²) < 4.78 is 48.6. The zero-order valence-corrected chi connectivity index (χ0v) is 12.6. The first kappa shape index (κ1) is 14.8. The Balaban J connectivity index is 2.37. The Morgan fingerprint density at radius 3 is 2.40 bits per heavy atom. The monoisotopic (exact) mass is 335 g/mol. The van der Waals surface area contributed by atoms with Gasteiger partial charge in [0.15, 0.2) is 5.03 Å². The van der Waals surface area contributed by atoms with Gasteiger partial charge < -0.3 is 0 Å². The van der Waals surface area contributed by atoms with Crippen LogP contribution in [0.25, 0.3) is 0 Å². The summed E-state index contributed by atoms with van der Waals surface area (Å²) in [5, 5.41) is 5.80. The summed E-state index contributed by atoms with van der Waals surface area (Å²) >= 11 is 0. The number of aryl methyl sites for hydroxylation is 1. The molecular formula is C10H10ClN3O4S2. The molecule has 10 heteroatoms. The molecule has 0 aliphatic carbocycles. The lowest BCUT2D eigenvalue weighted by Gasteiger charge is -2.09. The molecular weight excluding hydrogens is 326 g/mol. The highest BCUT2D eigenvalue weighted by molar-refractivity contribution is 8.13. The number of halogens is 1. The van der Waals surface area contributed by atoms with Crippen LogP contribution in [0, 0.1) is 6.92 Å². The Labute approximate surface area is 120 Å². The molecule has 7 nitrogen and oxygen atoms in total. The summed E-state index contributed by atoms with van der Waals surface area (Å²) in [6.45, 7) is 1.57. The standard InChI is InChI=1S/C10H10ClN3O4S2/c1-7-6-8(19(11,15)16)2-3-9(7)14-20(17,18)10-4-5-12-13-10/h2-6,14H,1H3,(H,12,13). The molecule has 0 fully saturated rings. The number of hydrogen-bond acceptors (Lipinski definition) is 5. The second-order valence-corrected chi connectivity index (χ2v) is 8.16. The Hall–Kier alpha value is -1.58. The highest BCUT2D eigenvalue weighted by Gasteiger charge is 2.18. The van der Waals surface area contributed by atoms with Crippen molar-refractivity contribution in [2.45, 2.75) is 16.8 Å². The van der Waals surface area contributed by atoms with E-state index in [9.17, 15) is 16.8 Å². The highest BCUT2D eigenvalue weighted by Crippen LogP contribution is 2.23. The second-order valence-electron chi connectivity index (χ2n) is 3.94. The third-order valence-electron chi connectivity index (χ3n) is 2.49. The molecule has 0 aliphatic rings. The smallest absolute Gasteiger partial charge is 0.278 e. The van der Waals surface area contributed by atoms with Crippen molar-refractivity contribution in [1.82, 2.24) is 10.2 Å². The molecule has 1 aromatic carbocycles. The molecule has 0 bridgehead atoms. The first-order valence-corrected chi connectivity index (χ1v) is 9.07. The van der Waals surface area contributed by atoms with E-state index in [1.165, 1.54) is 30.5 Å². The van der Waals surface area contributed by atoms with Crippen molar-refractivity contribution in [3.05, 3.63) is 36.0 Å². The largest absolute Gasteiger partial charge is 0.278 e. The van der Waals surface area contributed by atoms with Gasteiger partial charge in [-0.25, -0.2) is 8.42 Å². The van der Waals surface area contributed by atoms with Crippen LogP contribution in [0.5, 0.6) is 0 Å². The minimum Gasteiger partial charge on any atom is -0.278 e. The normalized spacial score (nSPS) is 12.3. The molecule has 2 rings (SSSR count). The average molecular weight is 336 g/mol. The summed E-state index contributed by atoms with van der Waals surface area (Å²) in [6, 6.07) is 5.14. The maximum atomic E-state index is 12.0. The van der Waals surface area contributed by atoms with Crippen molar-refractivity contribution in [3.63, 3.8) is 0 Å². The molecule has 2 N–H and O–H groups in total. The van der Waals surface area contributed by atoms with Gasteiger partial charge in [-0.15, -0.1) is 0 Å². The van der Waals surface area contributed by atoms with Gasteiger partial charge in [0, 0.05) is 10.7 Å². The van der Waals surface area contributed by atoms with E-state index in [4.69, 9.17) is 10.7 Å². The van der Waals surface area contributed by atoms with Crippen LogP contribution in [0.3, 0.4) is 0 Å². The Morgan fingerprint density at radius 2 is 1.90 bits per heavy atom. The van der Waals surface area contributed by atoms with E-state index in [-0.39, 0.29) is 15.6 Å². The Bertz CT molecular complexity index is 829. The number of aromatic nitrogens is 2. The number of hydrogen-bond donors (Lipinski definition) is 2. The number of sulfonamides is 1. The van der Waals surface area contributed by atoms with E-state index in [2.05, 4.69) is 14.9 Å². The lowest BCUT2D eigenvalue weighted by atomic mass is 10.2. The summed E-state index contributed by atoms with van der Waals surface area (Å²) in [5.74, 6) is 0. The van der Waals surface area contributed by atoms with Crippen molar-refractivity contribution in [2.75, 3.05) is 4.72 Å². The first-order valence-electron chi connectivity index (χ1n) is 5.28. The first-order chi connectivity index (χ1) is 9.20. The topological polar surface area (TPSA) is 109 Å². The summed E-state index contributed by atoms with van der Waals surface area (Å²) in [7, 11) is -2.42. The second kappa shape index (κ2) is 5.08. The lowest BCUT2D eigenvalue weighted by Crippen LogP contribution is -2.14. The molecule has 20 heavy (non-hydrogen) atoms. The van der Waals surface area contributed by atoms with Crippen LogP contribution < -0.4 is 4.72 Å². The predicted octanol–water partition coefficient (Wildman–Crippen LogP) is 1.45. The van der Waals surface area contributed by atoms with Gasteiger partial charge in [-0.3, -0.25) is 9.82 Å². The number of rotatable bonds is 4. The van der Waals surface area contributed by atoms with Crippen molar-refractivity contribution in [1.29, 1.82) is 0 Å². The Kier molecular flexibility index (Phi) is 3.76. The number of H-pyrrole nitrogens is 1. The van der Waals surface area contributed by atoms with Crippen LogP contribution in [0.4, 0.5) is 5.69 Å². The predicted molar refractivity (Wildman–Crippen MR) is 73.6 cm³/mol. The van der Waals surface area contributed by atoms with E-state index >= 15 is 0 Å². The quantitative estimate of drug-likeness (QED) is 0.822. The zero-order valence-electron chi connectivity index (χ0n) is 10.2. The van der Waals surface area contributed by atoms with Gasteiger partial charge in [0.1, 0.15) is 0 Å². The maximum absolute atomic E-state index is 12.0. The van der Waals surface area contributed by atoms with Crippen molar-refractivity contribution in [2.24, 2.45) is 0 Å². The molecule has 0 saturated heterocycles. The highest BCUT2D eigenvalue weighted by atomic mass is 35.7. The summed E-state index contributed by atoms with van der Waals surface area (Å²) in [4.78, 5) is -0.0962. The minimum atomic E-state index is -3.85. The molecule has 2 aromatic rings. The van der Waals surface area contributed by atoms with E-state index in [0.717, 1.165) is 0 Å². The van der Waals surface area contributed by atoms with Gasteiger partial charge in [-0.05, 0) is 36.8 Å². The van der Waals surface area contributed by atoms with Gasteiger partial charge in [-0.1, -0.05) is 0 Å². The summed E-state index contributed by atoms with van der Waals surface area (Å²) in [6.07, 6.45) is 1.31. The lowest BCUT2D eigenvalue weighted by molar-refractivity contribution is 0.597. The molecule has 0 atom stereocenters. The van der Waals surface area contributed by atoms with Gasteiger partial charge in [0.2, 0.25) is 0 Å². The molecule has 0 spiro atoms. The van der Waals surface area contributed by atoms with E-state index in [0.29, 0.717) is 5.56 Å². The van der Waals surface area contributed by atoms with Crippen molar-refractivity contribution in [3.8, 4) is 0 Å².